The van der Waals surface area contributed by atoms with Crippen molar-refractivity contribution in [2.24, 2.45) is 5.92 Å². The normalized spacial score (nSPS) is 22.1. The van der Waals surface area contributed by atoms with Gasteiger partial charge >= 0.3 is 0 Å². The summed E-state index contributed by atoms with van der Waals surface area (Å²) < 4.78 is 11.6. The van der Waals surface area contributed by atoms with Crippen LogP contribution < -0.4 is 0 Å². The molecule has 2 aliphatic rings. The molecule has 0 aromatic carbocycles. The van der Waals surface area contributed by atoms with Crippen molar-refractivity contribution >= 4 is 0 Å². The summed E-state index contributed by atoms with van der Waals surface area (Å²) >= 11 is 0. The van der Waals surface area contributed by atoms with Crippen molar-refractivity contribution in [3.05, 3.63) is 54.1 Å². The second-order valence-electron chi connectivity index (χ2n) is 7.51. The molecule has 0 bridgehead atoms. The van der Waals surface area contributed by atoms with E-state index in [0.717, 1.165) is 29.5 Å². The van der Waals surface area contributed by atoms with E-state index in [4.69, 9.17) is 8.94 Å². The van der Waals surface area contributed by atoms with Crippen LogP contribution in [0, 0.1) is 5.92 Å². The molecule has 0 spiro atoms. The number of hydrogen-bond donors (Lipinski definition) is 0. The third kappa shape index (κ3) is 3.29. The van der Waals surface area contributed by atoms with Crippen LogP contribution in [0.3, 0.4) is 0 Å². The van der Waals surface area contributed by atoms with Crippen molar-refractivity contribution in [2.45, 2.75) is 51.2 Å². The standard InChI is InChI=1S/C20H22N4O2/c1-13-9-17(13)18-7-6-16(25-18)11-24(15-4-5-15)12-19-22-20(23-26-19)14-3-2-8-21-10-14/h2-3,6-8,10,13,15,17H,4-5,9,11-12H2,1H3. The van der Waals surface area contributed by atoms with Crippen molar-refractivity contribution < 1.29 is 8.94 Å². The average molecular weight is 350 g/mol. The molecule has 26 heavy (non-hydrogen) atoms. The molecular weight excluding hydrogens is 328 g/mol. The van der Waals surface area contributed by atoms with E-state index in [-0.39, 0.29) is 0 Å². The van der Waals surface area contributed by atoms with Gasteiger partial charge < -0.3 is 8.94 Å². The van der Waals surface area contributed by atoms with Gasteiger partial charge in [0.1, 0.15) is 11.5 Å². The molecule has 3 aromatic heterocycles. The summed E-state index contributed by atoms with van der Waals surface area (Å²) in [6.07, 6.45) is 7.17. The van der Waals surface area contributed by atoms with Crippen molar-refractivity contribution in [1.29, 1.82) is 0 Å². The minimum absolute atomic E-state index is 0.581. The molecular formula is C20H22N4O2. The van der Waals surface area contributed by atoms with Crippen LogP contribution in [0.1, 0.15) is 49.5 Å². The third-order valence-electron chi connectivity index (χ3n) is 5.31. The summed E-state index contributed by atoms with van der Waals surface area (Å²) in [6.45, 7) is 3.71. The maximum atomic E-state index is 6.08. The zero-order valence-corrected chi connectivity index (χ0v) is 14.8. The number of pyridine rings is 1. The van der Waals surface area contributed by atoms with E-state index >= 15 is 0 Å². The van der Waals surface area contributed by atoms with Gasteiger partial charge in [-0.3, -0.25) is 9.88 Å². The lowest BCUT2D eigenvalue weighted by Crippen LogP contribution is -2.25. The minimum Gasteiger partial charge on any atom is -0.464 e. The van der Waals surface area contributed by atoms with Crippen LogP contribution >= 0.6 is 0 Å². The molecule has 134 valence electrons. The third-order valence-corrected chi connectivity index (χ3v) is 5.31. The van der Waals surface area contributed by atoms with Crippen LogP contribution in [-0.2, 0) is 13.1 Å². The van der Waals surface area contributed by atoms with Gasteiger partial charge in [0.15, 0.2) is 0 Å². The molecule has 3 aromatic rings. The number of nitrogens with zero attached hydrogens (tertiary/aromatic N) is 4. The lowest BCUT2D eigenvalue weighted by Gasteiger charge is -2.18. The molecule has 0 aliphatic heterocycles. The Kier molecular flexibility index (Phi) is 3.85. The first-order valence-corrected chi connectivity index (χ1v) is 9.32. The highest BCUT2D eigenvalue weighted by atomic mass is 16.5. The van der Waals surface area contributed by atoms with Gasteiger partial charge in [0, 0.05) is 29.9 Å². The number of hydrogen-bond acceptors (Lipinski definition) is 6. The summed E-state index contributed by atoms with van der Waals surface area (Å²) in [5.74, 6) is 4.78. The van der Waals surface area contributed by atoms with Crippen LogP contribution in [0.25, 0.3) is 11.4 Å². The molecule has 3 heterocycles. The average Bonchev–Trinajstić information content (AvgIpc) is 3.54. The molecule has 6 heteroatoms. The lowest BCUT2D eigenvalue weighted by molar-refractivity contribution is 0.194. The second kappa shape index (κ2) is 6.36. The Morgan fingerprint density at radius 1 is 1.19 bits per heavy atom. The Morgan fingerprint density at radius 3 is 2.81 bits per heavy atom. The topological polar surface area (TPSA) is 68.2 Å². The molecule has 0 amide bonds. The van der Waals surface area contributed by atoms with Gasteiger partial charge in [0.05, 0.1) is 13.1 Å². The first-order chi connectivity index (χ1) is 12.8. The molecule has 5 rings (SSSR count). The van der Waals surface area contributed by atoms with Crippen LogP contribution in [-0.4, -0.2) is 26.1 Å². The monoisotopic (exact) mass is 350 g/mol. The Bertz CT molecular complexity index is 884. The quantitative estimate of drug-likeness (QED) is 0.641. The van der Waals surface area contributed by atoms with E-state index in [1.165, 1.54) is 19.3 Å². The van der Waals surface area contributed by atoms with Gasteiger partial charge in [-0.1, -0.05) is 12.1 Å². The van der Waals surface area contributed by atoms with Gasteiger partial charge in [0.2, 0.25) is 11.7 Å². The van der Waals surface area contributed by atoms with E-state index in [2.05, 4.69) is 39.1 Å². The maximum Gasteiger partial charge on any atom is 0.241 e. The molecule has 0 saturated heterocycles. The van der Waals surface area contributed by atoms with Crippen LogP contribution in [0.4, 0.5) is 0 Å². The van der Waals surface area contributed by atoms with E-state index < -0.39 is 0 Å². The van der Waals surface area contributed by atoms with E-state index in [9.17, 15) is 0 Å². The Hall–Kier alpha value is -2.47. The largest absolute Gasteiger partial charge is 0.464 e. The van der Waals surface area contributed by atoms with E-state index in [0.29, 0.717) is 30.2 Å². The minimum atomic E-state index is 0.581. The predicted octanol–water partition coefficient (Wildman–Crippen LogP) is 4.01. The summed E-state index contributed by atoms with van der Waals surface area (Å²) in [4.78, 5) is 11.0. The zero-order valence-electron chi connectivity index (χ0n) is 14.8. The fraction of sp³-hybridized carbons (Fsp3) is 0.450. The summed E-state index contributed by atoms with van der Waals surface area (Å²) in [5.41, 5.74) is 0.870. The lowest BCUT2D eigenvalue weighted by atomic mass is 10.3. The van der Waals surface area contributed by atoms with Crippen molar-refractivity contribution in [3.63, 3.8) is 0 Å². The Morgan fingerprint density at radius 2 is 2.08 bits per heavy atom. The smallest absolute Gasteiger partial charge is 0.241 e. The first-order valence-electron chi connectivity index (χ1n) is 9.32. The number of furan rings is 1. The Labute approximate surface area is 152 Å². The molecule has 2 unspecified atom stereocenters. The maximum absolute atomic E-state index is 6.08. The number of rotatable bonds is 7. The van der Waals surface area contributed by atoms with Crippen LogP contribution in [0.15, 0.2) is 45.6 Å². The summed E-state index contributed by atoms with van der Waals surface area (Å²) in [5, 5.41) is 4.09. The van der Waals surface area contributed by atoms with Gasteiger partial charge in [-0.25, -0.2) is 0 Å². The highest BCUT2D eigenvalue weighted by molar-refractivity contribution is 5.51. The SMILES string of the molecule is CC1CC1c1ccc(CN(Cc2nc(-c3cccnc3)no2)C2CC2)o1. The van der Waals surface area contributed by atoms with Gasteiger partial charge in [-0.15, -0.1) is 0 Å². The molecule has 0 radical (unpaired) electrons. The van der Waals surface area contributed by atoms with Crippen molar-refractivity contribution in [2.75, 3.05) is 0 Å². The second-order valence-corrected chi connectivity index (χ2v) is 7.51. The molecule has 6 nitrogen and oxygen atoms in total. The molecule has 2 atom stereocenters. The highest BCUT2D eigenvalue weighted by Crippen LogP contribution is 2.47. The highest BCUT2D eigenvalue weighted by Gasteiger charge is 2.37. The predicted molar refractivity (Wildman–Crippen MR) is 95.0 cm³/mol. The molecule has 2 fully saturated rings. The molecule has 2 aliphatic carbocycles. The summed E-state index contributed by atoms with van der Waals surface area (Å²) in [7, 11) is 0. The fourth-order valence-corrected chi connectivity index (χ4v) is 3.46. The van der Waals surface area contributed by atoms with E-state index in [1.54, 1.807) is 12.4 Å². The van der Waals surface area contributed by atoms with Gasteiger partial charge in [-0.05, 0) is 49.4 Å². The first kappa shape index (κ1) is 15.8. The van der Waals surface area contributed by atoms with Crippen LogP contribution in [0.5, 0.6) is 0 Å². The van der Waals surface area contributed by atoms with Crippen LogP contribution in [0.2, 0.25) is 0 Å². The molecule has 0 N–H and O–H groups in total. The van der Waals surface area contributed by atoms with Gasteiger partial charge in [0.25, 0.3) is 0 Å². The van der Waals surface area contributed by atoms with Crippen molar-refractivity contribution in [1.82, 2.24) is 20.0 Å². The zero-order chi connectivity index (χ0) is 17.5. The number of aromatic nitrogens is 3. The Balaban J connectivity index is 1.28. The van der Waals surface area contributed by atoms with E-state index in [1.807, 2.05) is 12.1 Å². The summed E-state index contributed by atoms with van der Waals surface area (Å²) in [6, 6.07) is 8.64. The fourth-order valence-electron chi connectivity index (χ4n) is 3.46. The van der Waals surface area contributed by atoms with Gasteiger partial charge in [-0.2, -0.15) is 4.98 Å². The van der Waals surface area contributed by atoms with Crippen molar-refractivity contribution in [3.8, 4) is 11.4 Å². The molecule has 2 saturated carbocycles.